The Bertz CT molecular complexity index is 345. The van der Waals surface area contributed by atoms with Gasteiger partial charge in [0.05, 0.1) is 10.8 Å². The second-order valence-corrected chi connectivity index (χ2v) is 3.19. The summed E-state index contributed by atoms with van der Waals surface area (Å²) < 4.78 is 0. The molecule has 0 bridgehead atoms. The monoisotopic (exact) mass is 189 g/mol. The minimum absolute atomic E-state index is 0.848. The van der Waals surface area contributed by atoms with Gasteiger partial charge in [-0.25, -0.2) is 0 Å². The van der Waals surface area contributed by atoms with Gasteiger partial charge in [0.1, 0.15) is 0 Å². The lowest BCUT2D eigenvalue weighted by Crippen LogP contribution is -1.83. The Morgan fingerprint density at radius 3 is 2.54 bits per heavy atom. The van der Waals surface area contributed by atoms with Crippen molar-refractivity contribution in [1.82, 2.24) is 0 Å². The number of allylic oxidation sites excluding steroid dienone is 1. The molecule has 0 spiro atoms. The first-order valence-electron chi connectivity index (χ1n) is 4.03. The molecule has 13 heavy (non-hydrogen) atoms. The van der Waals surface area contributed by atoms with Gasteiger partial charge >= 0.3 is 0 Å². The normalized spacial score (nSPS) is 9.00. The summed E-state index contributed by atoms with van der Waals surface area (Å²) in [4.78, 5) is 3.87. The van der Waals surface area contributed by atoms with E-state index in [1.807, 2.05) is 31.2 Å². The van der Waals surface area contributed by atoms with Crippen LogP contribution in [0.1, 0.15) is 12.5 Å². The Kier molecular flexibility index (Phi) is 3.56. The second-order valence-electron chi connectivity index (χ2n) is 3.00. The van der Waals surface area contributed by atoms with Gasteiger partial charge in [-0.2, -0.15) is 4.99 Å². The van der Waals surface area contributed by atoms with Crippen LogP contribution >= 0.6 is 12.2 Å². The average Bonchev–Trinajstić information content (AvgIpc) is 2.08. The van der Waals surface area contributed by atoms with E-state index in [-0.39, 0.29) is 0 Å². The molecule has 0 fully saturated rings. The Morgan fingerprint density at radius 1 is 1.46 bits per heavy atom. The molecule has 1 aromatic rings. The molecule has 0 aliphatic carbocycles. The van der Waals surface area contributed by atoms with E-state index >= 15 is 0 Å². The number of aliphatic imine (C=N–C) groups is 1. The van der Waals surface area contributed by atoms with Gasteiger partial charge in [-0.15, -0.1) is 0 Å². The van der Waals surface area contributed by atoms with E-state index in [0.717, 1.165) is 17.7 Å². The number of rotatable bonds is 3. The summed E-state index contributed by atoms with van der Waals surface area (Å²) in [6.45, 7) is 5.87. The molecule has 0 saturated carbocycles. The number of hydrogen-bond donors (Lipinski definition) is 0. The summed E-state index contributed by atoms with van der Waals surface area (Å²) in [5, 5.41) is 2.34. The lowest BCUT2D eigenvalue weighted by Gasteiger charge is -1.99. The van der Waals surface area contributed by atoms with Crippen LogP contribution in [-0.2, 0) is 6.42 Å². The van der Waals surface area contributed by atoms with E-state index in [2.05, 4.69) is 29.0 Å². The van der Waals surface area contributed by atoms with E-state index in [0.29, 0.717) is 0 Å². The van der Waals surface area contributed by atoms with Gasteiger partial charge in [0, 0.05) is 0 Å². The van der Waals surface area contributed by atoms with Gasteiger partial charge in [-0.3, -0.25) is 0 Å². The topological polar surface area (TPSA) is 12.4 Å². The molecular weight excluding hydrogens is 178 g/mol. The third kappa shape index (κ3) is 3.32. The molecule has 1 nitrogen and oxygen atoms in total. The van der Waals surface area contributed by atoms with Crippen LogP contribution in [0.25, 0.3) is 0 Å². The first kappa shape index (κ1) is 9.85. The van der Waals surface area contributed by atoms with Crippen molar-refractivity contribution in [3.8, 4) is 0 Å². The molecule has 66 valence electrons. The standard InChI is InChI=1S/C11H11NS/c1-9(2)7-10-3-5-11(6-4-10)12-8-13/h3-6H,1,7H2,2H3. The van der Waals surface area contributed by atoms with Crippen LogP contribution in [0, 0.1) is 0 Å². The molecule has 0 heterocycles. The largest absolute Gasteiger partial charge is 0.195 e. The van der Waals surface area contributed by atoms with E-state index in [1.165, 1.54) is 5.56 Å². The predicted octanol–water partition coefficient (Wildman–Crippen LogP) is 3.54. The minimum Gasteiger partial charge on any atom is -0.195 e. The molecule has 1 aromatic carbocycles. The van der Waals surface area contributed by atoms with Crippen molar-refractivity contribution in [3.05, 3.63) is 42.0 Å². The van der Waals surface area contributed by atoms with Crippen LogP contribution in [0.2, 0.25) is 0 Å². The zero-order valence-corrected chi connectivity index (χ0v) is 8.40. The predicted molar refractivity (Wildman–Crippen MR) is 59.6 cm³/mol. The smallest absolute Gasteiger partial charge is 0.0739 e. The van der Waals surface area contributed by atoms with Crippen molar-refractivity contribution >= 4 is 23.1 Å². The molecule has 2 heteroatoms. The van der Waals surface area contributed by atoms with Gasteiger partial charge in [0.25, 0.3) is 0 Å². The van der Waals surface area contributed by atoms with E-state index in [1.54, 1.807) is 0 Å². The van der Waals surface area contributed by atoms with Crippen LogP contribution in [-0.4, -0.2) is 5.16 Å². The molecule has 0 unspecified atom stereocenters. The zero-order valence-electron chi connectivity index (χ0n) is 7.58. The number of nitrogens with zero attached hydrogens (tertiary/aromatic N) is 1. The van der Waals surface area contributed by atoms with Gasteiger partial charge in [0.2, 0.25) is 0 Å². The molecule has 0 aliphatic heterocycles. The molecule has 0 amide bonds. The van der Waals surface area contributed by atoms with Crippen molar-refractivity contribution in [1.29, 1.82) is 0 Å². The summed E-state index contributed by atoms with van der Waals surface area (Å²) in [6.07, 6.45) is 0.918. The molecule has 0 saturated heterocycles. The molecule has 1 rings (SSSR count). The Hall–Kier alpha value is -1.24. The Morgan fingerprint density at radius 2 is 2.08 bits per heavy atom. The maximum Gasteiger partial charge on any atom is 0.0739 e. The van der Waals surface area contributed by atoms with E-state index in [9.17, 15) is 0 Å². The highest BCUT2D eigenvalue weighted by Gasteiger charge is 1.93. The summed E-state index contributed by atoms with van der Waals surface area (Å²) in [5.41, 5.74) is 3.25. The fourth-order valence-corrected chi connectivity index (χ4v) is 1.19. The van der Waals surface area contributed by atoms with Crippen LogP contribution in [0.5, 0.6) is 0 Å². The maximum absolute atomic E-state index is 4.51. The summed E-state index contributed by atoms with van der Waals surface area (Å²) in [7, 11) is 0. The van der Waals surface area contributed by atoms with Gasteiger partial charge in [-0.1, -0.05) is 24.3 Å². The second kappa shape index (κ2) is 4.70. The van der Waals surface area contributed by atoms with Gasteiger partial charge < -0.3 is 0 Å². The lowest BCUT2D eigenvalue weighted by molar-refractivity contribution is 1.15. The van der Waals surface area contributed by atoms with Crippen LogP contribution < -0.4 is 0 Å². The fraction of sp³-hybridized carbons (Fsp3) is 0.182. The highest BCUT2D eigenvalue weighted by Crippen LogP contribution is 2.14. The van der Waals surface area contributed by atoms with Crippen molar-refractivity contribution in [2.75, 3.05) is 0 Å². The van der Waals surface area contributed by atoms with E-state index in [4.69, 9.17) is 0 Å². The highest BCUT2D eigenvalue weighted by molar-refractivity contribution is 7.78. The third-order valence-electron chi connectivity index (χ3n) is 1.62. The Labute approximate surface area is 83.8 Å². The average molecular weight is 189 g/mol. The third-order valence-corrected chi connectivity index (χ3v) is 1.71. The zero-order chi connectivity index (χ0) is 9.68. The maximum atomic E-state index is 4.51. The minimum atomic E-state index is 0.848. The molecule has 0 aromatic heterocycles. The summed E-state index contributed by atoms with van der Waals surface area (Å²) >= 11 is 4.51. The van der Waals surface area contributed by atoms with Crippen molar-refractivity contribution in [3.63, 3.8) is 0 Å². The van der Waals surface area contributed by atoms with Gasteiger partial charge in [-0.05, 0) is 43.3 Å². The number of isothiocyanates is 1. The number of benzene rings is 1. The summed E-state index contributed by atoms with van der Waals surface area (Å²) in [5.74, 6) is 0. The number of hydrogen-bond acceptors (Lipinski definition) is 2. The lowest BCUT2D eigenvalue weighted by atomic mass is 10.1. The molecule has 0 aliphatic rings. The van der Waals surface area contributed by atoms with Crippen LogP contribution in [0.15, 0.2) is 41.4 Å². The molecule has 0 atom stereocenters. The highest BCUT2D eigenvalue weighted by atomic mass is 32.1. The number of thiocarbonyl (C=S) groups is 1. The molecular formula is C11H11NS. The molecule has 0 N–H and O–H groups in total. The first-order valence-corrected chi connectivity index (χ1v) is 4.44. The van der Waals surface area contributed by atoms with E-state index < -0.39 is 0 Å². The fourth-order valence-electron chi connectivity index (χ4n) is 1.09. The summed E-state index contributed by atoms with van der Waals surface area (Å²) in [6, 6.07) is 7.91. The quantitative estimate of drug-likeness (QED) is 0.402. The SMILES string of the molecule is C=C(C)Cc1ccc(N=C=S)cc1. The van der Waals surface area contributed by atoms with Crippen molar-refractivity contribution in [2.24, 2.45) is 4.99 Å². The van der Waals surface area contributed by atoms with Crippen molar-refractivity contribution < 1.29 is 0 Å². The first-order chi connectivity index (χ1) is 6.22. The van der Waals surface area contributed by atoms with Crippen molar-refractivity contribution in [2.45, 2.75) is 13.3 Å². The van der Waals surface area contributed by atoms with Gasteiger partial charge in [0.15, 0.2) is 0 Å². The van der Waals surface area contributed by atoms with Crippen LogP contribution in [0.4, 0.5) is 5.69 Å². The molecule has 0 radical (unpaired) electrons. The van der Waals surface area contributed by atoms with Crippen LogP contribution in [0.3, 0.4) is 0 Å². The Balaban J connectivity index is 2.80.